The molecule has 92 valence electrons. The smallest absolute Gasteiger partial charge is 0.186 e. The number of thiazole rings is 1. The van der Waals surface area contributed by atoms with Crippen molar-refractivity contribution in [3.8, 4) is 0 Å². The van der Waals surface area contributed by atoms with E-state index in [1.165, 1.54) is 5.69 Å². The summed E-state index contributed by atoms with van der Waals surface area (Å²) in [6, 6.07) is 0.847. The zero-order valence-corrected chi connectivity index (χ0v) is 11.2. The van der Waals surface area contributed by atoms with Gasteiger partial charge in [0, 0.05) is 30.3 Å². The molecule has 1 aromatic rings. The van der Waals surface area contributed by atoms with Gasteiger partial charge >= 0.3 is 0 Å². The average molecular weight is 250 g/mol. The molecule has 17 heavy (non-hydrogen) atoms. The predicted octanol–water partition coefficient (Wildman–Crippen LogP) is 2.97. The molecule has 2 saturated heterocycles. The van der Waals surface area contributed by atoms with Gasteiger partial charge in [-0.2, -0.15) is 0 Å². The van der Waals surface area contributed by atoms with Gasteiger partial charge in [0.15, 0.2) is 5.13 Å². The third kappa shape index (κ3) is 1.88. The SMILES string of the molecule is CC(C)c1csc(N2C3CCC2CC(=O)C3)n1. The first kappa shape index (κ1) is 11.2. The number of ketones is 1. The number of nitrogens with zero attached hydrogens (tertiary/aromatic N) is 2. The summed E-state index contributed by atoms with van der Waals surface area (Å²) in [5, 5.41) is 3.30. The number of Topliss-reactive ketones (excluding diaryl/α,β-unsaturated/α-hetero) is 1. The van der Waals surface area contributed by atoms with Crippen LogP contribution in [0.25, 0.3) is 0 Å². The maximum absolute atomic E-state index is 11.6. The van der Waals surface area contributed by atoms with E-state index in [9.17, 15) is 4.79 Å². The molecule has 0 spiro atoms. The minimum atomic E-state index is 0.424. The molecule has 1 aromatic heterocycles. The maximum atomic E-state index is 11.6. The Labute approximate surface area is 106 Å². The van der Waals surface area contributed by atoms with Crippen molar-refractivity contribution in [1.29, 1.82) is 0 Å². The van der Waals surface area contributed by atoms with E-state index >= 15 is 0 Å². The van der Waals surface area contributed by atoms with E-state index in [1.54, 1.807) is 11.3 Å². The first-order chi connectivity index (χ1) is 8.15. The Morgan fingerprint density at radius 2 is 2.00 bits per heavy atom. The molecule has 3 nitrogen and oxygen atoms in total. The number of carbonyl (C=O) groups excluding carboxylic acids is 1. The molecule has 0 amide bonds. The van der Waals surface area contributed by atoms with Crippen LogP contribution in [0.5, 0.6) is 0 Å². The van der Waals surface area contributed by atoms with Gasteiger partial charge in [-0.05, 0) is 18.8 Å². The van der Waals surface area contributed by atoms with Gasteiger partial charge in [0.2, 0.25) is 0 Å². The van der Waals surface area contributed by atoms with Gasteiger partial charge < -0.3 is 4.90 Å². The Kier molecular flexibility index (Phi) is 2.69. The van der Waals surface area contributed by atoms with Gasteiger partial charge in [-0.1, -0.05) is 13.8 Å². The van der Waals surface area contributed by atoms with E-state index in [2.05, 4.69) is 24.1 Å². The molecule has 3 rings (SSSR count). The Morgan fingerprint density at radius 1 is 1.35 bits per heavy atom. The van der Waals surface area contributed by atoms with Crippen LogP contribution in [-0.4, -0.2) is 22.9 Å². The highest BCUT2D eigenvalue weighted by Gasteiger charge is 2.41. The number of anilines is 1. The molecule has 0 saturated carbocycles. The molecular weight excluding hydrogens is 232 g/mol. The zero-order valence-electron chi connectivity index (χ0n) is 10.3. The van der Waals surface area contributed by atoms with Gasteiger partial charge in [0.05, 0.1) is 5.69 Å². The summed E-state index contributed by atoms with van der Waals surface area (Å²) in [6.45, 7) is 4.35. The summed E-state index contributed by atoms with van der Waals surface area (Å²) in [5.74, 6) is 0.929. The third-order valence-electron chi connectivity index (χ3n) is 3.87. The fraction of sp³-hybridized carbons (Fsp3) is 0.692. The lowest BCUT2D eigenvalue weighted by Crippen LogP contribution is -2.43. The van der Waals surface area contributed by atoms with Crippen LogP contribution in [0.3, 0.4) is 0 Å². The second-order valence-electron chi connectivity index (χ2n) is 5.45. The van der Waals surface area contributed by atoms with Crippen molar-refractivity contribution in [2.75, 3.05) is 4.90 Å². The van der Waals surface area contributed by atoms with Crippen molar-refractivity contribution in [3.05, 3.63) is 11.1 Å². The minimum Gasteiger partial charge on any atom is -0.341 e. The number of aromatic nitrogens is 1. The number of hydrogen-bond donors (Lipinski definition) is 0. The highest BCUT2D eigenvalue weighted by molar-refractivity contribution is 7.13. The Balaban J connectivity index is 1.86. The molecule has 2 atom stereocenters. The number of rotatable bonds is 2. The standard InChI is InChI=1S/C13H18N2OS/c1-8(2)12-7-17-13(14-12)15-9-3-4-10(15)6-11(16)5-9/h7-10H,3-6H2,1-2H3. The average Bonchev–Trinajstić information content (AvgIpc) is 2.82. The van der Waals surface area contributed by atoms with Gasteiger partial charge in [-0.15, -0.1) is 11.3 Å². The normalized spacial score (nSPS) is 28.2. The monoisotopic (exact) mass is 250 g/mol. The Morgan fingerprint density at radius 3 is 2.53 bits per heavy atom. The van der Waals surface area contributed by atoms with Crippen LogP contribution in [0.1, 0.15) is 51.1 Å². The van der Waals surface area contributed by atoms with Crippen molar-refractivity contribution >= 4 is 22.3 Å². The summed E-state index contributed by atoms with van der Waals surface area (Å²) in [7, 11) is 0. The zero-order chi connectivity index (χ0) is 12.0. The van der Waals surface area contributed by atoms with Gasteiger partial charge in [-0.25, -0.2) is 4.98 Å². The van der Waals surface area contributed by atoms with Gasteiger partial charge in [-0.3, -0.25) is 4.79 Å². The lowest BCUT2D eigenvalue weighted by atomic mass is 10.0. The van der Waals surface area contributed by atoms with Crippen LogP contribution in [0.4, 0.5) is 5.13 Å². The van der Waals surface area contributed by atoms with E-state index < -0.39 is 0 Å². The molecule has 0 radical (unpaired) electrons. The molecule has 2 bridgehead atoms. The van der Waals surface area contributed by atoms with Gasteiger partial charge in [0.1, 0.15) is 5.78 Å². The predicted molar refractivity (Wildman–Crippen MR) is 69.7 cm³/mol. The summed E-state index contributed by atoms with van der Waals surface area (Å²) >= 11 is 1.74. The lowest BCUT2D eigenvalue weighted by Gasteiger charge is -2.33. The van der Waals surface area contributed by atoms with Crippen molar-refractivity contribution in [3.63, 3.8) is 0 Å². The Bertz CT molecular complexity index is 424. The molecule has 0 aliphatic carbocycles. The van der Waals surface area contributed by atoms with Crippen molar-refractivity contribution < 1.29 is 4.79 Å². The first-order valence-corrected chi connectivity index (χ1v) is 7.28. The summed E-state index contributed by atoms with van der Waals surface area (Å²) in [4.78, 5) is 18.7. The Hall–Kier alpha value is -0.900. The van der Waals surface area contributed by atoms with E-state index in [1.807, 2.05) is 0 Å². The number of carbonyl (C=O) groups is 1. The van der Waals surface area contributed by atoms with Gasteiger partial charge in [0.25, 0.3) is 0 Å². The van der Waals surface area contributed by atoms with E-state index in [0.717, 1.165) is 30.8 Å². The largest absolute Gasteiger partial charge is 0.341 e. The molecule has 2 aliphatic rings. The van der Waals surface area contributed by atoms with Crippen LogP contribution >= 0.6 is 11.3 Å². The molecule has 2 unspecified atom stereocenters. The van der Waals surface area contributed by atoms with Crippen molar-refractivity contribution in [2.24, 2.45) is 0 Å². The molecule has 2 fully saturated rings. The van der Waals surface area contributed by atoms with Crippen molar-refractivity contribution in [1.82, 2.24) is 4.98 Å². The molecule has 0 aromatic carbocycles. The fourth-order valence-corrected chi connectivity index (χ4v) is 4.07. The topological polar surface area (TPSA) is 33.2 Å². The first-order valence-electron chi connectivity index (χ1n) is 6.40. The highest BCUT2D eigenvalue weighted by Crippen LogP contribution is 2.39. The van der Waals surface area contributed by atoms with Crippen LogP contribution in [-0.2, 0) is 4.79 Å². The molecular formula is C13H18N2OS. The summed E-state index contributed by atoms with van der Waals surface area (Å²) < 4.78 is 0. The van der Waals surface area contributed by atoms with Crippen LogP contribution in [0, 0.1) is 0 Å². The molecule has 2 aliphatic heterocycles. The molecule has 3 heterocycles. The summed E-state index contributed by atoms with van der Waals surface area (Å²) in [6.07, 6.45) is 3.78. The highest BCUT2D eigenvalue weighted by atomic mass is 32.1. The van der Waals surface area contributed by atoms with Crippen LogP contribution in [0.15, 0.2) is 5.38 Å². The third-order valence-corrected chi connectivity index (χ3v) is 4.74. The van der Waals surface area contributed by atoms with Crippen molar-refractivity contribution in [2.45, 2.75) is 57.5 Å². The molecule has 0 N–H and O–H groups in total. The van der Waals surface area contributed by atoms with Crippen LogP contribution in [0.2, 0.25) is 0 Å². The minimum absolute atomic E-state index is 0.424. The number of hydrogen-bond acceptors (Lipinski definition) is 4. The lowest BCUT2D eigenvalue weighted by molar-refractivity contribution is -0.120. The quantitative estimate of drug-likeness (QED) is 0.809. The van der Waals surface area contributed by atoms with Crippen LogP contribution < -0.4 is 4.90 Å². The van der Waals surface area contributed by atoms with E-state index in [-0.39, 0.29) is 0 Å². The number of fused-ring (bicyclic) bond motifs is 2. The second kappa shape index (κ2) is 4.09. The number of piperidine rings is 1. The maximum Gasteiger partial charge on any atom is 0.186 e. The molecule has 4 heteroatoms. The fourth-order valence-electron chi connectivity index (χ4n) is 2.94. The summed E-state index contributed by atoms with van der Waals surface area (Å²) in [5.41, 5.74) is 1.18. The second-order valence-corrected chi connectivity index (χ2v) is 6.29. The van der Waals surface area contributed by atoms with E-state index in [0.29, 0.717) is 23.8 Å². The van der Waals surface area contributed by atoms with E-state index in [4.69, 9.17) is 4.98 Å².